The smallest absolute Gasteiger partial charge is 0.322 e. The van der Waals surface area contributed by atoms with Crippen LogP contribution in [0.2, 0.25) is 0 Å². The van der Waals surface area contributed by atoms with Gasteiger partial charge in [-0.25, -0.2) is 4.79 Å². The molecule has 1 aromatic rings. The SMILES string of the molecule is COc1ccc(OC)c(NC(=O)N2CCCCC2CN2CCOCC2)c1. The third-order valence-electron chi connectivity index (χ3n) is 5.11. The van der Waals surface area contributed by atoms with Gasteiger partial charge in [-0.1, -0.05) is 0 Å². The summed E-state index contributed by atoms with van der Waals surface area (Å²) in [5.74, 6) is 1.31. The second kappa shape index (κ2) is 9.09. The molecule has 2 fully saturated rings. The largest absolute Gasteiger partial charge is 0.497 e. The molecule has 2 aliphatic rings. The average molecular weight is 363 g/mol. The molecule has 144 valence electrons. The van der Waals surface area contributed by atoms with E-state index in [9.17, 15) is 4.79 Å². The van der Waals surface area contributed by atoms with E-state index < -0.39 is 0 Å². The van der Waals surface area contributed by atoms with E-state index in [1.165, 1.54) is 6.42 Å². The van der Waals surface area contributed by atoms with Crippen LogP contribution in [0.1, 0.15) is 19.3 Å². The summed E-state index contributed by atoms with van der Waals surface area (Å²) in [6.07, 6.45) is 3.25. The number of nitrogens with zero attached hydrogens (tertiary/aromatic N) is 2. The predicted molar refractivity (Wildman–Crippen MR) is 100 cm³/mol. The second-order valence-corrected chi connectivity index (χ2v) is 6.75. The number of ether oxygens (including phenoxy) is 3. The van der Waals surface area contributed by atoms with Gasteiger partial charge in [-0.3, -0.25) is 4.90 Å². The highest BCUT2D eigenvalue weighted by Crippen LogP contribution is 2.30. The number of piperidine rings is 1. The lowest BCUT2D eigenvalue weighted by atomic mass is 10.0. The number of benzene rings is 1. The van der Waals surface area contributed by atoms with Crippen molar-refractivity contribution in [3.63, 3.8) is 0 Å². The van der Waals surface area contributed by atoms with Gasteiger partial charge >= 0.3 is 6.03 Å². The fraction of sp³-hybridized carbons (Fsp3) is 0.632. The first-order valence-electron chi connectivity index (χ1n) is 9.31. The molecular weight excluding hydrogens is 334 g/mol. The zero-order chi connectivity index (χ0) is 18.4. The quantitative estimate of drug-likeness (QED) is 0.870. The Morgan fingerprint density at radius 3 is 2.73 bits per heavy atom. The van der Waals surface area contributed by atoms with Gasteiger partial charge in [0.15, 0.2) is 0 Å². The molecule has 2 amide bonds. The van der Waals surface area contributed by atoms with Crippen molar-refractivity contribution < 1.29 is 19.0 Å². The van der Waals surface area contributed by atoms with Crippen molar-refractivity contribution in [3.8, 4) is 11.5 Å². The first kappa shape index (κ1) is 18.8. The lowest BCUT2D eigenvalue weighted by molar-refractivity contribution is 0.0229. The molecule has 0 bridgehead atoms. The molecule has 1 atom stereocenters. The van der Waals surface area contributed by atoms with E-state index >= 15 is 0 Å². The average Bonchev–Trinajstić information content (AvgIpc) is 2.69. The monoisotopic (exact) mass is 363 g/mol. The summed E-state index contributed by atoms with van der Waals surface area (Å²) in [5.41, 5.74) is 0.632. The molecule has 7 heteroatoms. The van der Waals surface area contributed by atoms with Crippen molar-refractivity contribution in [2.45, 2.75) is 25.3 Å². The fourth-order valence-corrected chi connectivity index (χ4v) is 3.64. The van der Waals surface area contributed by atoms with Crippen LogP contribution in [0.25, 0.3) is 0 Å². The van der Waals surface area contributed by atoms with E-state index in [0.717, 1.165) is 52.2 Å². The van der Waals surface area contributed by atoms with Crippen molar-refractivity contribution >= 4 is 11.7 Å². The number of hydrogen-bond donors (Lipinski definition) is 1. The Kier molecular flexibility index (Phi) is 6.57. The zero-order valence-electron chi connectivity index (χ0n) is 15.7. The molecular formula is C19H29N3O4. The Labute approximate surface area is 155 Å². The molecule has 0 radical (unpaired) electrons. The number of rotatable bonds is 5. The molecule has 0 saturated carbocycles. The van der Waals surface area contributed by atoms with Crippen LogP contribution < -0.4 is 14.8 Å². The van der Waals surface area contributed by atoms with Crippen molar-refractivity contribution in [3.05, 3.63) is 18.2 Å². The fourth-order valence-electron chi connectivity index (χ4n) is 3.64. The van der Waals surface area contributed by atoms with Gasteiger partial charge < -0.3 is 24.4 Å². The van der Waals surface area contributed by atoms with Crippen LogP contribution in [-0.4, -0.2) is 75.5 Å². The lowest BCUT2D eigenvalue weighted by Crippen LogP contribution is -2.52. The normalized spacial score (nSPS) is 21.3. The molecule has 0 aliphatic carbocycles. The Hall–Kier alpha value is -1.99. The summed E-state index contributed by atoms with van der Waals surface area (Å²) in [5, 5.41) is 3.01. The standard InChI is InChI=1S/C19H29N3O4/c1-24-16-6-7-18(25-2)17(13-16)20-19(23)22-8-4-3-5-15(22)14-21-9-11-26-12-10-21/h6-7,13,15H,3-5,8-12,14H2,1-2H3,(H,20,23). The number of carbonyl (C=O) groups excluding carboxylic acids is 1. The molecule has 7 nitrogen and oxygen atoms in total. The van der Waals surface area contributed by atoms with E-state index in [2.05, 4.69) is 10.2 Å². The van der Waals surface area contributed by atoms with Gasteiger partial charge in [0.25, 0.3) is 0 Å². The van der Waals surface area contributed by atoms with E-state index in [-0.39, 0.29) is 12.1 Å². The molecule has 3 rings (SSSR count). The second-order valence-electron chi connectivity index (χ2n) is 6.75. The van der Waals surface area contributed by atoms with Crippen molar-refractivity contribution in [2.24, 2.45) is 0 Å². The number of urea groups is 1. The minimum absolute atomic E-state index is 0.0745. The molecule has 26 heavy (non-hydrogen) atoms. The van der Waals surface area contributed by atoms with Crippen molar-refractivity contribution in [1.82, 2.24) is 9.80 Å². The van der Waals surface area contributed by atoms with Gasteiger partial charge in [0.2, 0.25) is 0 Å². The van der Waals surface area contributed by atoms with Crippen LogP contribution in [0.15, 0.2) is 18.2 Å². The van der Waals surface area contributed by atoms with Crippen LogP contribution in [0, 0.1) is 0 Å². The highest BCUT2D eigenvalue weighted by Gasteiger charge is 2.29. The van der Waals surface area contributed by atoms with Crippen LogP contribution in [-0.2, 0) is 4.74 Å². The van der Waals surface area contributed by atoms with Crippen LogP contribution in [0.5, 0.6) is 11.5 Å². The van der Waals surface area contributed by atoms with Gasteiger partial charge in [-0.2, -0.15) is 0 Å². The topological polar surface area (TPSA) is 63.3 Å². The van der Waals surface area contributed by atoms with Gasteiger partial charge in [0.1, 0.15) is 11.5 Å². The summed E-state index contributed by atoms with van der Waals surface area (Å²) in [7, 11) is 3.20. The number of methoxy groups -OCH3 is 2. The summed E-state index contributed by atoms with van der Waals surface area (Å²) >= 11 is 0. The number of hydrogen-bond acceptors (Lipinski definition) is 5. The first-order chi connectivity index (χ1) is 12.7. The number of morpholine rings is 1. The van der Waals surface area contributed by atoms with Gasteiger partial charge in [-0.15, -0.1) is 0 Å². The number of amides is 2. The molecule has 0 spiro atoms. The minimum atomic E-state index is -0.0745. The maximum atomic E-state index is 13.0. The van der Waals surface area contributed by atoms with Crippen molar-refractivity contribution in [2.75, 3.05) is 58.9 Å². The summed E-state index contributed by atoms with van der Waals surface area (Å²) in [6.45, 7) is 5.13. The molecule has 0 aromatic heterocycles. The number of anilines is 1. The lowest BCUT2D eigenvalue weighted by Gasteiger charge is -2.39. The molecule has 2 aliphatic heterocycles. The molecule has 1 N–H and O–H groups in total. The molecule has 2 saturated heterocycles. The highest BCUT2D eigenvalue weighted by molar-refractivity contribution is 5.91. The molecule has 2 heterocycles. The Balaban J connectivity index is 1.68. The van der Waals surface area contributed by atoms with Gasteiger partial charge in [0, 0.05) is 38.3 Å². The first-order valence-corrected chi connectivity index (χ1v) is 9.31. The zero-order valence-corrected chi connectivity index (χ0v) is 15.7. The van der Waals surface area contributed by atoms with E-state index in [1.54, 1.807) is 26.4 Å². The van der Waals surface area contributed by atoms with Crippen LogP contribution >= 0.6 is 0 Å². The van der Waals surface area contributed by atoms with Crippen LogP contribution in [0.3, 0.4) is 0 Å². The van der Waals surface area contributed by atoms with E-state index in [0.29, 0.717) is 17.2 Å². The van der Waals surface area contributed by atoms with E-state index in [1.807, 2.05) is 11.0 Å². The van der Waals surface area contributed by atoms with E-state index in [4.69, 9.17) is 14.2 Å². The number of nitrogens with one attached hydrogen (secondary N) is 1. The minimum Gasteiger partial charge on any atom is -0.497 e. The summed E-state index contributed by atoms with van der Waals surface area (Å²) in [6, 6.07) is 5.57. The maximum absolute atomic E-state index is 13.0. The van der Waals surface area contributed by atoms with Crippen LogP contribution in [0.4, 0.5) is 10.5 Å². The number of carbonyl (C=O) groups is 1. The predicted octanol–water partition coefficient (Wildman–Crippen LogP) is 2.42. The summed E-state index contributed by atoms with van der Waals surface area (Å²) in [4.78, 5) is 17.3. The third-order valence-corrected chi connectivity index (χ3v) is 5.11. The number of likely N-dealkylation sites (tertiary alicyclic amines) is 1. The summed E-state index contributed by atoms with van der Waals surface area (Å²) < 4.78 is 16.1. The third kappa shape index (κ3) is 4.59. The van der Waals surface area contributed by atoms with Gasteiger partial charge in [0.05, 0.1) is 33.1 Å². The Morgan fingerprint density at radius 2 is 2.00 bits per heavy atom. The Morgan fingerprint density at radius 1 is 1.19 bits per heavy atom. The maximum Gasteiger partial charge on any atom is 0.322 e. The molecule has 1 aromatic carbocycles. The van der Waals surface area contributed by atoms with Gasteiger partial charge in [-0.05, 0) is 31.4 Å². The Bertz CT molecular complexity index is 604. The molecule has 1 unspecified atom stereocenters. The van der Waals surface area contributed by atoms with Crippen molar-refractivity contribution in [1.29, 1.82) is 0 Å². The highest BCUT2D eigenvalue weighted by atomic mass is 16.5.